The van der Waals surface area contributed by atoms with Crippen molar-refractivity contribution in [2.24, 2.45) is 5.92 Å². The van der Waals surface area contributed by atoms with Crippen LogP contribution in [-0.2, 0) is 9.63 Å². The van der Waals surface area contributed by atoms with Crippen molar-refractivity contribution >= 4 is 5.91 Å². The molecule has 0 bridgehead atoms. The molecule has 1 aliphatic rings. The van der Waals surface area contributed by atoms with Crippen molar-refractivity contribution in [3.8, 4) is 0 Å². The zero-order valence-corrected chi connectivity index (χ0v) is 7.95. The van der Waals surface area contributed by atoms with Crippen LogP contribution >= 0.6 is 0 Å². The highest BCUT2D eigenvalue weighted by molar-refractivity contribution is 5.74. The first-order chi connectivity index (χ1) is 6.22. The van der Waals surface area contributed by atoms with Crippen LogP contribution < -0.4 is 5.48 Å². The summed E-state index contributed by atoms with van der Waals surface area (Å²) in [5, 5.41) is 9.24. The maximum atomic E-state index is 11.1. The SMILES string of the molecule is CONC(=O)CC1CCC(O)CC1. The van der Waals surface area contributed by atoms with Crippen LogP contribution in [0.5, 0.6) is 0 Å². The molecule has 1 saturated carbocycles. The van der Waals surface area contributed by atoms with Gasteiger partial charge in [-0.25, -0.2) is 5.48 Å². The van der Waals surface area contributed by atoms with Crippen LogP contribution in [0.15, 0.2) is 0 Å². The van der Waals surface area contributed by atoms with Gasteiger partial charge in [-0.3, -0.25) is 9.63 Å². The second-order valence-electron chi connectivity index (χ2n) is 3.61. The number of carbonyl (C=O) groups excluding carboxylic acids is 1. The van der Waals surface area contributed by atoms with E-state index < -0.39 is 0 Å². The van der Waals surface area contributed by atoms with Gasteiger partial charge in [0.25, 0.3) is 0 Å². The first-order valence-corrected chi connectivity index (χ1v) is 4.72. The molecule has 76 valence electrons. The summed E-state index contributed by atoms with van der Waals surface area (Å²) in [6.07, 6.45) is 3.90. The highest BCUT2D eigenvalue weighted by Gasteiger charge is 2.21. The van der Waals surface area contributed by atoms with Gasteiger partial charge in [-0.05, 0) is 31.6 Å². The molecule has 0 aromatic carbocycles. The third kappa shape index (κ3) is 3.74. The summed E-state index contributed by atoms with van der Waals surface area (Å²) in [7, 11) is 1.43. The van der Waals surface area contributed by atoms with Gasteiger partial charge in [0.2, 0.25) is 5.91 Å². The molecule has 4 heteroatoms. The zero-order valence-electron chi connectivity index (χ0n) is 7.95. The van der Waals surface area contributed by atoms with E-state index in [1.54, 1.807) is 0 Å². The molecule has 0 heterocycles. The minimum Gasteiger partial charge on any atom is -0.393 e. The number of hydrogen-bond donors (Lipinski definition) is 2. The molecule has 1 rings (SSSR count). The molecule has 0 aromatic heterocycles. The molecule has 0 spiro atoms. The number of aliphatic hydroxyl groups is 1. The number of rotatable bonds is 3. The molecule has 0 aliphatic heterocycles. The monoisotopic (exact) mass is 187 g/mol. The fourth-order valence-electron chi connectivity index (χ4n) is 1.77. The number of hydrogen-bond acceptors (Lipinski definition) is 3. The molecule has 0 radical (unpaired) electrons. The van der Waals surface area contributed by atoms with Gasteiger partial charge in [-0.2, -0.15) is 0 Å². The third-order valence-electron chi connectivity index (χ3n) is 2.51. The van der Waals surface area contributed by atoms with Crippen molar-refractivity contribution in [1.29, 1.82) is 0 Å². The lowest BCUT2D eigenvalue weighted by atomic mass is 9.85. The average Bonchev–Trinajstić information content (AvgIpc) is 2.09. The van der Waals surface area contributed by atoms with E-state index in [-0.39, 0.29) is 12.0 Å². The minimum atomic E-state index is -0.151. The van der Waals surface area contributed by atoms with Crippen molar-refractivity contribution < 1.29 is 14.7 Å². The highest BCUT2D eigenvalue weighted by Crippen LogP contribution is 2.26. The van der Waals surface area contributed by atoms with E-state index in [2.05, 4.69) is 10.3 Å². The third-order valence-corrected chi connectivity index (χ3v) is 2.51. The molecule has 1 aliphatic carbocycles. The predicted molar refractivity (Wildman–Crippen MR) is 47.7 cm³/mol. The Morgan fingerprint density at radius 2 is 2.08 bits per heavy atom. The van der Waals surface area contributed by atoms with Gasteiger partial charge in [0.05, 0.1) is 13.2 Å². The maximum Gasteiger partial charge on any atom is 0.243 e. The van der Waals surface area contributed by atoms with Crippen molar-refractivity contribution in [2.45, 2.75) is 38.2 Å². The Labute approximate surface area is 78.2 Å². The van der Waals surface area contributed by atoms with Gasteiger partial charge < -0.3 is 5.11 Å². The molecule has 13 heavy (non-hydrogen) atoms. The van der Waals surface area contributed by atoms with E-state index in [4.69, 9.17) is 0 Å². The molecule has 1 fully saturated rings. The van der Waals surface area contributed by atoms with Crippen LogP contribution in [-0.4, -0.2) is 24.2 Å². The Bertz CT molecular complexity index is 164. The summed E-state index contributed by atoms with van der Waals surface area (Å²) in [4.78, 5) is 15.6. The molecule has 0 unspecified atom stereocenters. The first-order valence-electron chi connectivity index (χ1n) is 4.72. The van der Waals surface area contributed by atoms with Gasteiger partial charge in [0, 0.05) is 6.42 Å². The van der Waals surface area contributed by atoms with Gasteiger partial charge in [0.15, 0.2) is 0 Å². The molecular formula is C9H17NO3. The van der Waals surface area contributed by atoms with Crippen LogP contribution in [0.1, 0.15) is 32.1 Å². The van der Waals surface area contributed by atoms with Gasteiger partial charge in [-0.15, -0.1) is 0 Å². The van der Waals surface area contributed by atoms with Crippen LogP contribution in [0.3, 0.4) is 0 Å². The zero-order chi connectivity index (χ0) is 9.68. The van der Waals surface area contributed by atoms with E-state index in [0.29, 0.717) is 12.3 Å². The van der Waals surface area contributed by atoms with Crippen LogP contribution in [0, 0.1) is 5.92 Å². The van der Waals surface area contributed by atoms with Crippen molar-refractivity contribution in [3.05, 3.63) is 0 Å². The fraction of sp³-hybridized carbons (Fsp3) is 0.889. The van der Waals surface area contributed by atoms with Crippen molar-refractivity contribution in [2.75, 3.05) is 7.11 Å². The number of nitrogens with one attached hydrogen (secondary N) is 1. The molecule has 2 N–H and O–H groups in total. The Morgan fingerprint density at radius 1 is 1.46 bits per heavy atom. The molecule has 4 nitrogen and oxygen atoms in total. The summed E-state index contributed by atoms with van der Waals surface area (Å²) >= 11 is 0. The number of aliphatic hydroxyl groups excluding tert-OH is 1. The van der Waals surface area contributed by atoms with Crippen LogP contribution in [0.25, 0.3) is 0 Å². The lowest BCUT2D eigenvalue weighted by Gasteiger charge is -2.24. The summed E-state index contributed by atoms with van der Waals surface area (Å²) in [5.74, 6) is 0.349. The van der Waals surface area contributed by atoms with Gasteiger partial charge in [-0.1, -0.05) is 0 Å². The number of carbonyl (C=O) groups is 1. The molecule has 1 amide bonds. The summed E-state index contributed by atoms with van der Waals surface area (Å²) in [6, 6.07) is 0. The van der Waals surface area contributed by atoms with Crippen molar-refractivity contribution in [1.82, 2.24) is 5.48 Å². The second-order valence-corrected chi connectivity index (χ2v) is 3.61. The topological polar surface area (TPSA) is 58.6 Å². The first kappa shape index (κ1) is 10.5. The second kappa shape index (κ2) is 5.19. The summed E-state index contributed by atoms with van der Waals surface area (Å²) in [6.45, 7) is 0. The lowest BCUT2D eigenvalue weighted by Crippen LogP contribution is -2.27. The van der Waals surface area contributed by atoms with Crippen LogP contribution in [0.4, 0.5) is 0 Å². The summed E-state index contributed by atoms with van der Waals surface area (Å²) in [5.41, 5.74) is 2.30. The van der Waals surface area contributed by atoms with E-state index in [1.807, 2.05) is 0 Å². The minimum absolute atomic E-state index is 0.0658. The normalized spacial score (nSPS) is 28.5. The largest absolute Gasteiger partial charge is 0.393 e. The average molecular weight is 187 g/mol. The summed E-state index contributed by atoms with van der Waals surface area (Å²) < 4.78 is 0. The molecule has 0 aromatic rings. The van der Waals surface area contributed by atoms with Gasteiger partial charge >= 0.3 is 0 Å². The van der Waals surface area contributed by atoms with Crippen LogP contribution in [0.2, 0.25) is 0 Å². The Morgan fingerprint density at radius 3 is 2.62 bits per heavy atom. The van der Waals surface area contributed by atoms with Gasteiger partial charge in [0.1, 0.15) is 0 Å². The van der Waals surface area contributed by atoms with E-state index in [9.17, 15) is 9.90 Å². The quantitative estimate of drug-likeness (QED) is 0.636. The Kier molecular flexibility index (Phi) is 4.18. The lowest BCUT2D eigenvalue weighted by molar-refractivity contribution is -0.132. The molecular weight excluding hydrogens is 170 g/mol. The Hall–Kier alpha value is -0.610. The Balaban J connectivity index is 2.18. The van der Waals surface area contributed by atoms with E-state index in [1.165, 1.54) is 7.11 Å². The molecule has 0 atom stereocenters. The highest BCUT2D eigenvalue weighted by atomic mass is 16.6. The smallest absolute Gasteiger partial charge is 0.243 e. The van der Waals surface area contributed by atoms with E-state index >= 15 is 0 Å². The fourth-order valence-corrected chi connectivity index (χ4v) is 1.77. The maximum absolute atomic E-state index is 11.1. The number of hydroxylamine groups is 1. The molecule has 0 saturated heterocycles. The standard InChI is InChI=1S/C9H17NO3/c1-13-10-9(12)6-7-2-4-8(11)5-3-7/h7-8,11H,2-6H2,1H3,(H,10,12). The number of amides is 1. The van der Waals surface area contributed by atoms with Crippen molar-refractivity contribution in [3.63, 3.8) is 0 Å². The predicted octanol–water partition coefficient (Wildman–Crippen LogP) is 0.605. The van der Waals surface area contributed by atoms with E-state index in [0.717, 1.165) is 25.7 Å².